The van der Waals surface area contributed by atoms with Gasteiger partial charge in [-0.15, -0.1) is 12.8 Å². The lowest BCUT2D eigenvalue weighted by Crippen LogP contribution is -2.21. The number of hydrogen-bond donors (Lipinski definition) is 4. The van der Waals surface area contributed by atoms with Crippen LogP contribution in [0.4, 0.5) is 5.82 Å². The number of anilines is 1. The van der Waals surface area contributed by atoms with Crippen molar-refractivity contribution in [2.24, 2.45) is 0 Å². The van der Waals surface area contributed by atoms with Gasteiger partial charge in [-0.3, -0.25) is 4.90 Å². The minimum absolute atomic E-state index is 0.195. The van der Waals surface area contributed by atoms with E-state index in [4.69, 9.17) is 5.73 Å². The molecule has 0 aromatic carbocycles. The fourth-order valence-electron chi connectivity index (χ4n) is 2.50. The van der Waals surface area contributed by atoms with E-state index in [1.807, 2.05) is 6.20 Å². The van der Waals surface area contributed by atoms with E-state index >= 15 is 0 Å². The second kappa shape index (κ2) is 8.61. The molecule has 24 heavy (non-hydrogen) atoms. The number of aliphatic hydroxyl groups excluding tert-OH is 1. The summed E-state index contributed by atoms with van der Waals surface area (Å²) in [6.07, 6.45) is 15.2. The van der Waals surface area contributed by atoms with E-state index in [0.717, 1.165) is 42.7 Å². The maximum atomic E-state index is 9.49. The Morgan fingerprint density at radius 3 is 2.62 bits per heavy atom. The lowest BCUT2D eigenvalue weighted by molar-refractivity contribution is 0.175. The monoisotopic (exact) mass is 328 g/mol. The maximum Gasteiger partial charge on any atom is 0.151 e. The van der Waals surface area contributed by atoms with Gasteiger partial charge in [0.1, 0.15) is 11.8 Å². The van der Waals surface area contributed by atoms with E-state index in [1.165, 1.54) is 6.33 Å². The molecule has 0 aliphatic carbocycles. The van der Waals surface area contributed by atoms with Gasteiger partial charge in [0, 0.05) is 31.4 Å². The van der Waals surface area contributed by atoms with Crippen molar-refractivity contribution < 1.29 is 5.11 Å². The Hall–Kier alpha value is -2.96. The van der Waals surface area contributed by atoms with Gasteiger partial charge in [-0.2, -0.15) is 15.4 Å². The maximum absolute atomic E-state index is 9.49. The molecule has 1 aliphatic heterocycles. The van der Waals surface area contributed by atoms with Crippen LogP contribution in [-0.4, -0.2) is 59.6 Å². The van der Waals surface area contributed by atoms with Gasteiger partial charge in [0.15, 0.2) is 5.82 Å². The highest BCUT2D eigenvalue weighted by Crippen LogP contribution is 2.22. The van der Waals surface area contributed by atoms with E-state index in [2.05, 4.69) is 48.1 Å². The molecule has 9 nitrogen and oxygen atoms in total. The van der Waals surface area contributed by atoms with Crippen molar-refractivity contribution in [1.82, 2.24) is 35.3 Å². The molecule has 4 rings (SSSR count). The number of aromatic nitrogens is 6. The number of hydrogen-bond acceptors (Lipinski definition) is 7. The molecule has 0 radical (unpaired) electrons. The highest BCUT2D eigenvalue weighted by molar-refractivity contribution is 5.86. The first-order valence-electron chi connectivity index (χ1n) is 7.34. The van der Waals surface area contributed by atoms with E-state index < -0.39 is 0 Å². The Morgan fingerprint density at radius 2 is 2.04 bits per heavy atom. The van der Waals surface area contributed by atoms with Crippen molar-refractivity contribution in [3.63, 3.8) is 0 Å². The Bertz CT molecular complexity index is 734. The highest BCUT2D eigenvalue weighted by atomic mass is 16.3. The van der Waals surface area contributed by atoms with Crippen LogP contribution in [-0.2, 0) is 6.54 Å². The standard InChI is InChI=1S/C11H15N5O.C2H3N3.C2H2/c12-11-10-9(14-6-15-11)7(3-13-10)4-16-2-1-8(17)5-16;1-2-4-5-3-1;1-2/h3,6,8,13,17H,1-2,4-5H2,(H2,12,14,15);1-2H,(H,3,4,5);1-2H/t8-;;/m1../s1. The van der Waals surface area contributed by atoms with Crippen LogP contribution in [0.2, 0.25) is 0 Å². The Labute approximate surface area is 139 Å². The third-order valence-corrected chi connectivity index (χ3v) is 3.54. The fraction of sp³-hybridized carbons (Fsp3) is 0.333. The molecule has 9 heteroatoms. The normalized spacial score (nSPS) is 16.9. The van der Waals surface area contributed by atoms with Gasteiger partial charge >= 0.3 is 0 Å². The van der Waals surface area contributed by atoms with Gasteiger partial charge in [0.2, 0.25) is 0 Å². The first kappa shape index (κ1) is 17.4. The molecule has 1 aliphatic rings. The van der Waals surface area contributed by atoms with E-state index in [9.17, 15) is 5.11 Å². The number of likely N-dealkylation sites (tertiary alicyclic amines) is 1. The summed E-state index contributed by atoms with van der Waals surface area (Å²) in [6, 6.07) is 0. The summed E-state index contributed by atoms with van der Waals surface area (Å²) < 4.78 is 0. The molecule has 0 spiro atoms. The number of nitrogen functional groups attached to an aromatic ring is 1. The molecular weight excluding hydrogens is 308 g/mol. The molecule has 1 atom stereocenters. The van der Waals surface area contributed by atoms with Crippen molar-refractivity contribution in [3.8, 4) is 12.8 Å². The number of nitrogens with one attached hydrogen (secondary N) is 2. The molecule has 1 saturated heterocycles. The number of H-pyrrole nitrogens is 2. The van der Waals surface area contributed by atoms with Gasteiger partial charge in [0.05, 0.1) is 24.0 Å². The lowest BCUT2D eigenvalue weighted by atomic mass is 10.2. The van der Waals surface area contributed by atoms with Crippen molar-refractivity contribution in [2.75, 3.05) is 18.8 Å². The summed E-state index contributed by atoms with van der Waals surface area (Å²) in [7, 11) is 0. The number of fused-ring (bicyclic) bond motifs is 1. The molecule has 1 fully saturated rings. The van der Waals surface area contributed by atoms with Crippen LogP contribution in [0.25, 0.3) is 11.0 Å². The average molecular weight is 328 g/mol. The number of rotatable bonds is 2. The smallest absolute Gasteiger partial charge is 0.151 e. The third-order valence-electron chi connectivity index (χ3n) is 3.54. The summed E-state index contributed by atoms with van der Waals surface area (Å²) >= 11 is 0. The summed E-state index contributed by atoms with van der Waals surface area (Å²) in [5.74, 6) is 0.475. The van der Waals surface area contributed by atoms with Crippen molar-refractivity contribution in [1.29, 1.82) is 0 Å². The van der Waals surface area contributed by atoms with Crippen LogP contribution in [0.5, 0.6) is 0 Å². The molecule has 3 aromatic heterocycles. The fourth-order valence-corrected chi connectivity index (χ4v) is 2.50. The molecule has 4 heterocycles. The second-order valence-electron chi connectivity index (χ2n) is 5.13. The molecule has 0 amide bonds. The summed E-state index contributed by atoms with van der Waals surface area (Å²) in [5.41, 5.74) is 8.53. The topological polar surface area (TPSA) is 133 Å². The third kappa shape index (κ3) is 4.28. The molecule has 0 unspecified atom stereocenters. The van der Waals surface area contributed by atoms with Crippen molar-refractivity contribution >= 4 is 16.9 Å². The van der Waals surface area contributed by atoms with Crippen molar-refractivity contribution in [2.45, 2.75) is 19.1 Å². The molecule has 126 valence electrons. The van der Waals surface area contributed by atoms with Crippen LogP contribution in [0.3, 0.4) is 0 Å². The van der Waals surface area contributed by atoms with Gasteiger partial charge in [-0.25, -0.2) is 9.97 Å². The van der Waals surface area contributed by atoms with Gasteiger partial charge < -0.3 is 15.8 Å². The van der Waals surface area contributed by atoms with Crippen molar-refractivity contribution in [3.05, 3.63) is 30.5 Å². The summed E-state index contributed by atoms with van der Waals surface area (Å²) in [5, 5.41) is 18.8. The molecular formula is C15H20N8O. The highest BCUT2D eigenvalue weighted by Gasteiger charge is 2.21. The zero-order valence-corrected chi connectivity index (χ0v) is 13.1. The van der Waals surface area contributed by atoms with Gasteiger partial charge in [0.25, 0.3) is 0 Å². The quantitative estimate of drug-likeness (QED) is 0.492. The number of β-amino-alcohol motifs (C(OH)–C–C–N with tert-alkyl or cyclic N) is 1. The minimum Gasteiger partial charge on any atom is -0.392 e. The first-order chi connectivity index (χ1) is 11.7. The predicted octanol–water partition coefficient (Wildman–Crippen LogP) is 0.161. The van der Waals surface area contributed by atoms with Gasteiger partial charge in [-0.05, 0) is 6.42 Å². The van der Waals surface area contributed by atoms with Crippen LogP contribution < -0.4 is 5.73 Å². The van der Waals surface area contributed by atoms with Crippen LogP contribution in [0, 0.1) is 12.8 Å². The number of aromatic amines is 2. The number of terminal acetylenes is 1. The SMILES string of the molecule is C#C.Nc1ncnc2c(CN3CC[C@@H](O)C3)c[nH]c12.c1cn[nH]n1. The number of nitrogens with two attached hydrogens (primary N) is 1. The zero-order valence-electron chi connectivity index (χ0n) is 13.1. The number of aliphatic hydroxyl groups is 1. The van der Waals surface area contributed by atoms with Gasteiger partial charge in [-0.1, -0.05) is 0 Å². The van der Waals surface area contributed by atoms with Crippen LogP contribution >= 0.6 is 0 Å². The first-order valence-corrected chi connectivity index (χ1v) is 7.34. The molecule has 0 bridgehead atoms. The zero-order chi connectivity index (χ0) is 17.4. The largest absolute Gasteiger partial charge is 0.392 e. The Kier molecular flexibility index (Phi) is 6.24. The molecule has 3 aromatic rings. The van der Waals surface area contributed by atoms with Crippen LogP contribution in [0.15, 0.2) is 24.9 Å². The Morgan fingerprint density at radius 1 is 1.29 bits per heavy atom. The van der Waals surface area contributed by atoms with E-state index in [1.54, 1.807) is 12.4 Å². The molecule has 5 N–H and O–H groups in total. The van der Waals surface area contributed by atoms with E-state index in [0.29, 0.717) is 5.82 Å². The number of nitrogens with zero attached hydrogens (tertiary/aromatic N) is 5. The summed E-state index contributed by atoms with van der Waals surface area (Å²) in [4.78, 5) is 13.5. The second-order valence-corrected chi connectivity index (χ2v) is 5.13. The average Bonchev–Trinajstić information content (AvgIpc) is 3.34. The minimum atomic E-state index is -0.195. The molecule has 0 saturated carbocycles. The lowest BCUT2D eigenvalue weighted by Gasteiger charge is -2.13. The van der Waals surface area contributed by atoms with Crippen LogP contribution in [0.1, 0.15) is 12.0 Å². The summed E-state index contributed by atoms with van der Waals surface area (Å²) in [6.45, 7) is 2.44. The van der Waals surface area contributed by atoms with E-state index in [-0.39, 0.29) is 6.10 Å². The predicted molar refractivity (Wildman–Crippen MR) is 90.5 cm³/mol. The Balaban J connectivity index is 0.000000252.